The van der Waals surface area contributed by atoms with E-state index in [1.165, 1.54) is 0 Å². The van der Waals surface area contributed by atoms with Crippen LogP contribution in [0.5, 0.6) is 0 Å². The number of carbonyl (C=O) groups is 2. The van der Waals surface area contributed by atoms with Crippen molar-refractivity contribution in [1.82, 2.24) is 10.6 Å². The molecule has 2 rings (SSSR count). The van der Waals surface area contributed by atoms with Crippen LogP contribution in [0.25, 0.3) is 0 Å². The summed E-state index contributed by atoms with van der Waals surface area (Å²) in [5.41, 5.74) is 0.880. The minimum Gasteiger partial charge on any atom is -0.480 e. The zero-order valence-corrected chi connectivity index (χ0v) is 11.8. The van der Waals surface area contributed by atoms with E-state index < -0.39 is 18.0 Å². The summed E-state index contributed by atoms with van der Waals surface area (Å²) < 4.78 is 0. The number of urea groups is 1. The minimum atomic E-state index is -1.03. The number of rotatable bonds is 5. The highest BCUT2D eigenvalue weighted by Crippen LogP contribution is 2.10. The lowest BCUT2D eigenvalue weighted by molar-refractivity contribution is -0.139. The van der Waals surface area contributed by atoms with E-state index in [2.05, 4.69) is 16.7 Å². The molecule has 0 saturated heterocycles. The number of nitrogens with one attached hydrogen (secondary N) is 2. The van der Waals surface area contributed by atoms with Gasteiger partial charge in [-0.3, -0.25) is 0 Å². The molecule has 0 aromatic heterocycles. The van der Waals surface area contributed by atoms with Gasteiger partial charge in [0.05, 0.1) is 0 Å². The predicted molar refractivity (Wildman–Crippen MR) is 80.0 cm³/mol. The first-order valence-corrected chi connectivity index (χ1v) is 7.14. The second-order valence-electron chi connectivity index (χ2n) is 5.18. The molecule has 1 unspecified atom stereocenters. The number of hydrogen-bond donors (Lipinski definition) is 3. The van der Waals surface area contributed by atoms with Crippen molar-refractivity contribution in [3.05, 3.63) is 48.0 Å². The third kappa shape index (κ3) is 4.95. The summed E-state index contributed by atoms with van der Waals surface area (Å²) in [7, 11) is 0. The van der Waals surface area contributed by atoms with Crippen LogP contribution in [0.4, 0.5) is 4.79 Å². The molecule has 5 heteroatoms. The standard InChI is InChI=1S/C16H20N2O3/c19-15(20)14(11-12-7-3-1-4-8-12)18-16(21)17-13-9-5-2-6-10-13/h1-5,7-8,13-14H,6,9-11H2,(H,19,20)(H2,17,18,21)/t13?,14-/m1/s1. The van der Waals surface area contributed by atoms with Crippen LogP contribution in [-0.4, -0.2) is 29.2 Å². The smallest absolute Gasteiger partial charge is 0.326 e. The van der Waals surface area contributed by atoms with E-state index in [9.17, 15) is 14.7 Å². The maximum Gasteiger partial charge on any atom is 0.326 e. The average molecular weight is 288 g/mol. The van der Waals surface area contributed by atoms with Crippen molar-refractivity contribution >= 4 is 12.0 Å². The van der Waals surface area contributed by atoms with E-state index in [0.717, 1.165) is 24.8 Å². The molecule has 0 heterocycles. The van der Waals surface area contributed by atoms with Gasteiger partial charge in [-0.25, -0.2) is 9.59 Å². The van der Waals surface area contributed by atoms with Crippen molar-refractivity contribution < 1.29 is 14.7 Å². The van der Waals surface area contributed by atoms with E-state index in [4.69, 9.17) is 0 Å². The fourth-order valence-corrected chi connectivity index (χ4v) is 2.36. The highest BCUT2D eigenvalue weighted by atomic mass is 16.4. The van der Waals surface area contributed by atoms with Gasteiger partial charge in [-0.15, -0.1) is 0 Å². The van der Waals surface area contributed by atoms with E-state index in [1.54, 1.807) is 0 Å². The van der Waals surface area contributed by atoms with Crippen LogP contribution in [0, 0.1) is 0 Å². The fourth-order valence-electron chi connectivity index (χ4n) is 2.36. The molecule has 0 radical (unpaired) electrons. The molecule has 2 atom stereocenters. The van der Waals surface area contributed by atoms with Crippen LogP contribution in [-0.2, 0) is 11.2 Å². The summed E-state index contributed by atoms with van der Waals surface area (Å²) in [6.45, 7) is 0. The monoisotopic (exact) mass is 288 g/mol. The molecule has 5 nitrogen and oxygen atoms in total. The maximum absolute atomic E-state index is 11.9. The first-order valence-electron chi connectivity index (χ1n) is 7.14. The molecule has 3 N–H and O–H groups in total. The van der Waals surface area contributed by atoms with Gasteiger partial charge in [0.1, 0.15) is 6.04 Å². The Labute approximate surface area is 124 Å². The predicted octanol–water partition coefficient (Wildman–Crippen LogP) is 2.09. The summed E-state index contributed by atoms with van der Waals surface area (Å²) in [6, 6.07) is 8.01. The van der Waals surface area contributed by atoms with Gasteiger partial charge in [0, 0.05) is 12.5 Å². The molecule has 1 aliphatic rings. The molecule has 0 fully saturated rings. The first kappa shape index (κ1) is 15.1. The third-order valence-electron chi connectivity index (χ3n) is 3.49. The zero-order chi connectivity index (χ0) is 15.1. The highest BCUT2D eigenvalue weighted by molar-refractivity contribution is 5.82. The normalized spacial score (nSPS) is 18.8. The van der Waals surface area contributed by atoms with Gasteiger partial charge in [-0.05, 0) is 24.8 Å². The molecule has 1 aromatic carbocycles. The molecule has 0 saturated carbocycles. The Hall–Kier alpha value is -2.30. The van der Waals surface area contributed by atoms with E-state index in [0.29, 0.717) is 0 Å². The summed E-state index contributed by atoms with van der Waals surface area (Å²) in [5.74, 6) is -1.03. The third-order valence-corrected chi connectivity index (χ3v) is 3.49. The highest BCUT2D eigenvalue weighted by Gasteiger charge is 2.21. The molecule has 2 amide bonds. The molecule has 21 heavy (non-hydrogen) atoms. The number of allylic oxidation sites excluding steroid dienone is 1. The first-order chi connectivity index (χ1) is 10.1. The molecule has 1 aromatic rings. The van der Waals surface area contributed by atoms with Crippen LogP contribution in [0.1, 0.15) is 24.8 Å². The number of benzene rings is 1. The van der Waals surface area contributed by atoms with E-state index >= 15 is 0 Å². The number of carboxylic acid groups (broad SMARTS) is 1. The Morgan fingerprint density at radius 2 is 2.00 bits per heavy atom. The van der Waals surface area contributed by atoms with Crippen molar-refractivity contribution in [3.63, 3.8) is 0 Å². The lowest BCUT2D eigenvalue weighted by Gasteiger charge is -2.21. The molecule has 0 spiro atoms. The van der Waals surface area contributed by atoms with E-state index in [-0.39, 0.29) is 12.5 Å². The van der Waals surface area contributed by atoms with Crippen LogP contribution in [0.3, 0.4) is 0 Å². The Morgan fingerprint density at radius 3 is 2.62 bits per heavy atom. The van der Waals surface area contributed by atoms with Gasteiger partial charge in [0.25, 0.3) is 0 Å². The summed E-state index contributed by atoms with van der Waals surface area (Å²) in [4.78, 5) is 23.2. The zero-order valence-electron chi connectivity index (χ0n) is 11.8. The van der Waals surface area contributed by atoms with Crippen molar-refractivity contribution in [1.29, 1.82) is 0 Å². The van der Waals surface area contributed by atoms with Crippen molar-refractivity contribution in [2.75, 3.05) is 0 Å². The van der Waals surface area contributed by atoms with Crippen molar-refractivity contribution in [3.8, 4) is 0 Å². The average Bonchev–Trinajstić information content (AvgIpc) is 2.48. The molecular weight excluding hydrogens is 268 g/mol. The second kappa shape index (κ2) is 7.47. The summed E-state index contributed by atoms with van der Waals surface area (Å²) >= 11 is 0. The lowest BCUT2D eigenvalue weighted by atomic mass is 10.0. The molecule has 1 aliphatic carbocycles. The Balaban J connectivity index is 1.88. The van der Waals surface area contributed by atoms with E-state index in [1.807, 2.05) is 36.4 Å². The van der Waals surface area contributed by atoms with Gasteiger partial charge in [0.15, 0.2) is 0 Å². The number of aliphatic carboxylic acids is 1. The molecule has 0 bridgehead atoms. The molecule has 0 aliphatic heterocycles. The second-order valence-corrected chi connectivity index (χ2v) is 5.18. The van der Waals surface area contributed by atoms with Crippen LogP contribution in [0.2, 0.25) is 0 Å². The Bertz CT molecular complexity index is 514. The quantitative estimate of drug-likeness (QED) is 0.726. The van der Waals surface area contributed by atoms with Gasteiger partial charge >= 0.3 is 12.0 Å². The van der Waals surface area contributed by atoms with Crippen LogP contribution >= 0.6 is 0 Å². The Kier molecular flexibility index (Phi) is 5.37. The largest absolute Gasteiger partial charge is 0.480 e. The van der Waals surface area contributed by atoms with Gasteiger partial charge in [0.2, 0.25) is 0 Å². The van der Waals surface area contributed by atoms with Crippen molar-refractivity contribution in [2.45, 2.75) is 37.8 Å². The number of hydrogen-bond acceptors (Lipinski definition) is 2. The van der Waals surface area contributed by atoms with Crippen LogP contribution in [0.15, 0.2) is 42.5 Å². The molecule has 112 valence electrons. The van der Waals surface area contributed by atoms with Gasteiger partial charge < -0.3 is 15.7 Å². The summed E-state index contributed by atoms with van der Waals surface area (Å²) in [6.07, 6.45) is 7.02. The van der Waals surface area contributed by atoms with Gasteiger partial charge in [-0.1, -0.05) is 42.5 Å². The number of amides is 2. The van der Waals surface area contributed by atoms with Gasteiger partial charge in [-0.2, -0.15) is 0 Å². The fraction of sp³-hybridized carbons (Fsp3) is 0.375. The molecular formula is C16H20N2O3. The maximum atomic E-state index is 11.9. The van der Waals surface area contributed by atoms with Crippen LogP contribution < -0.4 is 10.6 Å². The number of carboxylic acids is 1. The topological polar surface area (TPSA) is 78.4 Å². The van der Waals surface area contributed by atoms with Crippen molar-refractivity contribution in [2.24, 2.45) is 0 Å². The summed E-state index contributed by atoms with van der Waals surface area (Å²) in [5, 5.41) is 14.6. The SMILES string of the molecule is O=C(NC1CC=CCC1)N[C@H](Cc1ccccc1)C(=O)O. The number of carbonyl (C=O) groups excluding carboxylic acids is 1. The lowest BCUT2D eigenvalue weighted by Crippen LogP contribution is -2.50. The minimum absolute atomic E-state index is 0.0844. The Morgan fingerprint density at radius 1 is 1.24 bits per heavy atom.